The summed E-state index contributed by atoms with van der Waals surface area (Å²) in [6, 6.07) is 30.1. The Bertz CT molecular complexity index is 1830. The number of nitrogens with zero attached hydrogens (tertiary/aromatic N) is 2. The van der Waals surface area contributed by atoms with Crippen molar-refractivity contribution >= 4 is 56.1 Å². The Balaban J connectivity index is 0.000000239. The number of hydrogen-bond donors (Lipinski definition) is 4. The normalized spacial score (nSPS) is 11.3. The Morgan fingerprint density at radius 3 is 1.56 bits per heavy atom. The van der Waals surface area contributed by atoms with Crippen molar-refractivity contribution in [2.24, 2.45) is 10.2 Å². The third kappa shape index (κ3) is 8.02. The van der Waals surface area contributed by atoms with E-state index in [1.165, 1.54) is 0 Å². The number of nitrogens with one attached hydrogen (secondary N) is 2. The molecule has 0 aliphatic heterocycles. The first-order valence-corrected chi connectivity index (χ1v) is 13.7. The van der Waals surface area contributed by atoms with Crippen molar-refractivity contribution in [1.82, 2.24) is 10.9 Å². The Hall–Kier alpha value is -5.08. The molecule has 0 saturated heterocycles. The summed E-state index contributed by atoms with van der Waals surface area (Å²) in [7, 11) is 0. The van der Waals surface area contributed by atoms with Crippen LogP contribution in [0.25, 0.3) is 21.5 Å². The van der Waals surface area contributed by atoms with Crippen molar-refractivity contribution in [3.05, 3.63) is 119 Å². The molecule has 220 valence electrons. The van der Waals surface area contributed by atoms with Gasteiger partial charge in [0.05, 0.1) is 16.4 Å². The van der Waals surface area contributed by atoms with Gasteiger partial charge >= 0.3 is 0 Å². The van der Waals surface area contributed by atoms with E-state index in [4.69, 9.17) is 12.2 Å². The highest BCUT2D eigenvalue weighted by molar-refractivity contribution is 7.80. The van der Waals surface area contributed by atoms with Crippen molar-refractivity contribution < 1.29 is 15.0 Å². The molecule has 0 bridgehead atoms. The van der Waals surface area contributed by atoms with Crippen LogP contribution in [0.2, 0.25) is 0 Å². The highest BCUT2D eigenvalue weighted by Gasteiger charge is 2.11. The number of fused-ring (bicyclic) bond motifs is 2. The zero-order valence-corrected chi connectivity index (χ0v) is 24.7. The number of carbonyl (C=O) groups is 1. The second kappa shape index (κ2) is 14.7. The molecule has 4 N–H and O–H groups in total. The summed E-state index contributed by atoms with van der Waals surface area (Å²) in [6.07, 6.45) is 0. The number of hydrogen-bond acceptors (Lipinski definition) is 6. The van der Waals surface area contributed by atoms with Crippen molar-refractivity contribution in [2.45, 2.75) is 35.1 Å². The van der Waals surface area contributed by atoms with Crippen LogP contribution < -0.4 is 10.9 Å². The quantitative estimate of drug-likeness (QED) is 0.0945. The molecule has 1 amide bonds. The van der Waals surface area contributed by atoms with Gasteiger partial charge in [-0.3, -0.25) is 10.2 Å². The van der Waals surface area contributed by atoms with E-state index in [0.29, 0.717) is 33.1 Å². The minimum Gasteiger partial charge on any atom is -0.507 e. The Morgan fingerprint density at radius 1 is 0.651 bits per heavy atom. The number of phenols is 2. The lowest BCUT2D eigenvalue weighted by atomic mass is 10.0. The minimum atomic E-state index is -0.283. The number of aryl methyl sites for hydroxylation is 1. The highest BCUT2D eigenvalue weighted by Crippen LogP contribution is 2.30. The van der Waals surface area contributed by atoms with Crippen LogP contribution in [-0.4, -0.2) is 32.5 Å². The van der Waals surface area contributed by atoms with Crippen LogP contribution in [0.5, 0.6) is 11.5 Å². The van der Waals surface area contributed by atoms with Crippen LogP contribution in [0, 0.1) is 6.92 Å². The van der Waals surface area contributed by atoms with Gasteiger partial charge in [-0.1, -0.05) is 98.0 Å². The van der Waals surface area contributed by atoms with Gasteiger partial charge in [0.15, 0.2) is 0 Å². The van der Waals surface area contributed by atoms with Crippen molar-refractivity contribution in [2.75, 3.05) is 0 Å². The van der Waals surface area contributed by atoms with Crippen molar-refractivity contribution in [1.29, 1.82) is 0 Å². The number of thiocarbonyl (C=S) groups is 1. The van der Waals surface area contributed by atoms with Gasteiger partial charge in [-0.05, 0) is 62.7 Å². The molecular weight excluding hydrogens is 556 g/mol. The van der Waals surface area contributed by atoms with E-state index in [-0.39, 0.29) is 24.8 Å². The van der Waals surface area contributed by atoms with Crippen molar-refractivity contribution in [3.8, 4) is 11.5 Å². The van der Waals surface area contributed by atoms with Crippen LogP contribution in [0.4, 0.5) is 0 Å². The van der Waals surface area contributed by atoms with E-state index in [1.807, 2.05) is 92.7 Å². The Labute approximate surface area is 257 Å². The number of phenolic OH excluding ortho intramolecular Hbond substituents is 2. The summed E-state index contributed by atoms with van der Waals surface area (Å²) in [5.41, 5.74) is 9.43. The lowest BCUT2D eigenvalue weighted by Crippen LogP contribution is -2.19. The van der Waals surface area contributed by atoms with E-state index in [9.17, 15) is 15.0 Å². The maximum atomic E-state index is 12.1. The lowest BCUT2D eigenvalue weighted by molar-refractivity contribution is 0.0955. The van der Waals surface area contributed by atoms with Crippen LogP contribution in [0.3, 0.4) is 0 Å². The topological polar surface area (TPSA) is 106 Å². The van der Waals surface area contributed by atoms with Gasteiger partial charge in [0.1, 0.15) is 11.5 Å². The molecule has 0 aromatic heterocycles. The third-order valence-corrected chi connectivity index (χ3v) is 6.69. The second-order valence-electron chi connectivity index (χ2n) is 9.74. The molecule has 0 radical (unpaired) electrons. The molecule has 0 aliphatic rings. The van der Waals surface area contributed by atoms with Crippen LogP contribution in [0.1, 0.15) is 55.2 Å². The largest absolute Gasteiger partial charge is 0.507 e. The van der Waals surface area contributed by atoms with Gasteiger partial charge in [0.25, 0.3) is 5.91 Å². The molecule has 43 heavy (non-hydrogen) atoms. The van der Waals surface area contributed by atoms with Crippen LogP contribution >= 0.6 is 12.2 Å². The molecule has 8 heteroatoms. The van der Waals surface area contributed by atoms with Crippen molar-refractivity contribution in [3.63, 3.8) is 0 Å². The van der Waals surface area contributed by atoms with E-state index < -0.39 is 0 Å². The molecule has 0 fully saturated rings. The average molecular weight is 593 g/mol. The zero-order valence-electron chi connectivity index (χ0n) is 23.8. The third-order valence-electron chi connectivity index (χ3n) is 6.60. The molecule has 0 saturated carbocycles. The molecule has 5 aromatic carbocycles. The predicted octanol–water partition coefficient (Wildman–Crippen LogP) is 7.85. The first-order chi connectivity index (χ1) is 20.2. The first kappa shape index (κ1) is 32.4. The smallest absolute Gasteiger partial charge is 0.271 e. The summed E-state index contributed by atoms with van der Waals surface area (Å²) in [5.74, 6) is 0.131. The molecule has 7 nitrogen and oxygen atoms in total. The fourth-order valence-electron chi connectivity index (χ4n) is 4.28. The Morgan fingerprint density at radius 2 is 1.09 bits per heavy atom. The summed E-state index contributed by atoms with van der Waals surface area (Å²) in [4.78, 5) is 12.7. The molecule has 5 aromatic rings. The number of hydrazone groups is 2. The van der Waals surface area contributed by atoms with Gasteiger partial charge in [-0.2, -0.15) is 10.2 Å². The maximum absolute atomic E-state index is 12.1. The number of carbonyl (C=O) groups excluding carboxylic acids is 1. The minimum absolute atomic E-state index is 0. The summed E-state index contributed by atoms with van der Waals surface area (Å²) in [6.45, 7) is 7.30. The molecule has 0 spiro atoms. The fourth-order valence-corrected chi connectivity index (χ4v) is 4.33. The van der Waals surface area contributed by atoms with Gasteiger partial charge in [0, 0.05) is 27.5 Å². The molecule has 0 heterocycles. The SMILES string of the molecule is C.C/C(=N\NC(=O)c1ccc(C)cc1)c1ccc2ccccc2c1O.CC(=S)N/N=C(\C)c1ccc2ccccc2c1O. The predicted molar refractivity (Wildman–Crippen MR) is 182 cm³/mol. The number of amides is 1. The number of rotatable bonds is 5. The molecule has 0 aliphatic carbocycles. The second-order valence-corrected chi connectivity index (χ2v) is 10.3. The summed E-state index contributed by atoms with van der Waals surface area (Å²) in [5, 5.41) is 32.5. The average Bonchev–Trinajstić information content (AvgIpc) is 3.00. The number of aromatic hydroxyl groups is 2. The molecule has 5 rings (SSSR count). The van der Waals surface area contributed by atoms with Gasteiger partial charge in [-0.15, -0.1) is 0 Å². The van der Waals surface area contributed by atoms with E-state index >= 15 is 0 Å². The van der Waals surface area contributed by atoms with E-state index in [1.54, 1.807) is 32.0 Å². The fraction of sp³-hybridized carbons (Fsp3) is 0.143. The molecular formula is C35H36N4O3S. The maximum Gasteiger partial charge on any atom is 0.271 e. The standard InChI is InChI=1S/C20H18N2O2.C14H14N2OS.CH4/c1-13-7-9-16(10-8-13)20(24)22-21-14(2)17-12-11-15-5-3-4-6-18(15)19(17)23;1-9(15-16-10(2)18)12-8-7-11-5-3-4-6-13(11)14(12)17;/h3-12,23H,1-2H3,(H,22,24);3-8,17H,1-2H3,(H,16,18);1H4/b21-14+;15-9+;. The van der Waals surface area contributed by atoms with Gasteiger partial charge in [0.2, 0.25) is 0 Å². The zero-order chi connectivity index (χ0) is 30.2. The highest BCUT2D eigenvalue weighted by atomic mass is 32.1. The van der Waals surface area contributed by atoms with Gasteiger partial charge < -0.3 is 10.2 Å². The molecule has 0 unspecified atom stereocenters. The monoisotopic (exact) mass is 592 g/mol. The van der Waals surface area contributed by atoms with E-state index in [2.05, 4.69) is 21.1 Å². The lowest BCUT2D eigenvalue weighted by Gasteiger charge is -2.08. The Kier molecular flexibility index (Phi) is 11.1. The first-order valence-electron chi connectivity index (χ1n) is 13.3. The van der Waals surface area contributed by atoms with Gasteiger partial charge in [-0.25, -0.2) is 5.43 Å². The number of benzene rings is 5. The van der Waals surface area contributed by atoms with Crippen LogP contribution in [-0.2, 0) is 0 Å². The van der Waals surface area contributed by atoms with E-state index in [0.717, 1.165) is 27.1 Å². The molecule has 0 atom stereocenters. The summed E-state index contributed by atoms with van der Waals surface area (Å²) < 4.78 is 0. The summed E-state index contributed by atoms with van der Waals surface area (Å²) >= 11 is 4.89. The van der Waals surface area contributed by atoms with Crippen LogP contribution in [0.15, 0.2) is 107 Å².